The highest BCUT2D eigenvalue weighted by Gasteiger charge is 2.28. The molecule has 1 aliphatic heterocycles. The number of rotatable bonds is 1. The number of aryl methyl sites for hydroxylation is 1. The predicted molar refractivity (Wildman–Crippen MR) is 95.7 cm³/mol. The minimum atomic E-state index is -0.438. The number of hydrogen-bond acceptors (Lipinski definition) is 3. The number of amides is 1. The van der Waals surface area contributed by atoms with Crippen LogP contribution in [0.25, 0.3) is 0 Å². The summed E-state index contributed by atoms with van der Waals surface area (Å²) in [5, 5.41) is 4.35. The van der Waals surface area contributed by atoms with Crippen molar-refractivity contribution in [2.45, 2.75) is 79.9 Å². The van der Waals surface area contributed by atoms with Gasteiger partial charge in [-0.05, 0) is 46.1 Å². The zero-order valence-electron chi connectivity index (χ0n) is 16.2. The maximum Gasteiger partial charge on any atom is 0.410 e. The van der Waals surface area contributed by atoms with Crippen molar-refractivity contribution < 1.29 is 9.53 Å². The number of piperidine rings is 1. The van der Waals surface area contributed by atoms with Crippen LogP contribution in [0.2, 0.25) is 0 Å². The SMILES string of the molecule is CC.CC.Cc1cnn(C2CCCN(C(=O)OC(C)(C)C)C2)c1. The molecule has 1 amide bonds. The maximum absolute atomic E-state index is 12.1. The Hall–Kier alpha value is -1.52. The summed E-state index contributed by atoms with van der Waals surface area (Å²) < 4.78 is 7.39. The van der Waals surface area contributed by atoms with Gasteiger partial charge in [0.25, 0.3) is 0 Å². The fraction of sp³-hybridized carbons (Fsp3) is 0.778. The van der Waals surface area contributed by atoms with E-state index >= 15 is 0 Å². The second-order valence-corrected chi connectivity index (χ2v) is 6.22. The highest BCUT2D eigenvalue weighted by atomic mass is 16.6. The minimum Gasteiger partial charge on any atom is -0.444 e. The highest BCUT2D eigenvalue weighted by Crippen LogP contribution is 2.22. The van der Waals surface area contributed by atoms with Crippen LogP contribution in [0, 0.1) is 6.92 Å². The van der Waals surface area contributed by atoms with Gasteiger partial charge in [-0.1, -0.05) is 27.7 Å². The lowest BCUT2D eigenvalue weighted by Gasteiger charge is -2.34. The first-order valence-electron chi connectivity index (χ1n) is 8.84. The van der Waals surface area contributed by atoms with Crippen molar-refractivity contribution >= 4 is 6.09 Å². The Labute approximate surface area is 142 Å². The van der Waals surface area contributed by atoms with Crippen molar-refractivity contribution in [3.05, 3.63) is 18.0 Å². The standard InChI is InChI=1S/C14H23N3O2.2C2H6/c1-11-8-15-17(9-11)12-6-5-7-16(10-12)13(18)19-14(2,3)4;2*1-2/h8-9,12H,5-7,10H2,1-4H3;2*1-2H3. The van der Waals surface area contributed by atoms with Gasteiger partial charge in [0.15, 0.2) is 0 Å². The first-order valence-corrected chi connectivity index (χ1v) is 8.84. The monoisotopic (exact) mass is 325 g/mol. The Morgan fingerprint density at radius 2 is 1.87 bits per heavy atom. The lowest BCUT2D eigenvalue weighted by atomic mass is 10.1. The molecule has 5 heteroatoms. The van der Waals surface area contributed by atoms with Gasteiger partial charge in [-0.2, -0.15) is 5.10 Å². The van der Waals surface area contributed by atoms with E-state index in [1.807, 2.05) is 72.5 Å². The molecular weight excluding hydrogens is 290 g/mol. The fourth-order valence-corrected chi connectivity index (χ4v) is 2.30. The Balaban J connectivity index is 0.00000112. The van der Waals surface area contributed by atoms with Crippen LogP contribution in [0.4, 0.5) is 4.79 Å². The molecule has 0 radical (unpaired) electrons. The van der Waals surface area contributed by atoms with Crippen molar-refractivity contribution in [3.8, 4) is 0 Å². The largest absolute Gasteiger partial charge is 0.444 e. The average molecular weight is 325 g/mol. The van der Waals surface area contributed by atoms with Crippen molar-refractivity contribution in [2.75, 3.05) is 13.1 Å². The molecule has 1 atom stereocenters. The van der Waals surface area contributed by atoms with Gasteiger partial charge in [0, 0.05) is 19.3 Å². The molecule has 1 aliphatic rings. The quantitative estimate of drug-likeness (QED) is 0.744. The Kier molecular flexibility index (Phi) is 9.61. The van der Waals surface area contributed by atoms with Gasteiger partial charge < -0.3 is 9.64 Å². The number of ether oxygens (including phenoxy) is 1. The smallest absolute Gasteiger partial charge is 0.410 e. The Bertz CT molecular complexity index is 449. The fourth-order valence-electron chi connectivity index (χ4n) is 2.30. The van der Waals surface area contributed by atoms with Gasteiger partial charge in [-0.25, -0.2) is 4.79 Å². The summed E-state index contributed by atoms with van der Waals surface area (Å²) in [6, 6.07) is 0.259. The summed E-state index contributed by atoms with van der Waals surface area (Å²) in [7, 11) is 0. The number of nitrogens with zero attached hydrogens (tertiary/aromatic N) is 3. The zero-order valence-corrected chi connectivity index (χ0v) is 16.2. The van der Waals surface area contributed by atoms with E-state index in [1.165, 1.54) is 0 Å². The van der Waals surface area contributed by atoms with Gasteiger partial charge in [0.05, 0.1) is 12.2 Å². The van der Waals surface area contributed by atoms with E-state index in [4.69, 9.17) is 4.74 Å². The van der Waals surface area contributed by atoms with E-state index in [0.717, 1.165) is 24.9 Å². The number of carbonyl (C=O) groups excluding carboxylic acids is 1. The molecule has 0 N–H and O–H groups in total. The lowest BCUT2D eigenvalue weighted by molar-refractivity contribution is 0.0167. The maximum atomic E-state index is 12.1. The van der Waals surface area contributed by atoms with Crippen molar-refractivity contribution in [2.24, 2.45) is 0 Å². The molecule has 0 bridgehead atoms. The van der Waals surface area contributed by atoms with E-state index in [0.29, 0.717) is 6.54 Å². The number of hydrogen-bond donors (Lipinski definition) is 0. The first-order chi connectivity index (χ1) is 10.8. The van der Waals surface area contributed by atoms with Gasteiger partial charge >= 0.3 is 6.09 Å². The third-order valence-electron chi connectivity index (χ3n) is 3.15. The number of carbonyl (C=O) groups is 1. The third-order valence-corrected chi connectivity index (χ3v) is 3.15. The summed E-state index contributed by atoms with van der Waals surface area (Å²) in [5.41, 5.74) is 0.709. The van der Waals surface area contributed by atoms with Gasteiger partial charge in [-0.15, -0.1) is 0 Å². The van der Waals surface area contributed by atoms with E-state index in [1.54, 1.807) is 4.90 Å². The van der Waals surface area contributed by atoms with Gasteiger partial charge in [-0.3, -0.25) is 4.68 Å². The van der Waals surface area contributed by atoms with Gasteiger partial charge in [0.2, 0.25) is 0 Å². The topological polar surface area (TPSA) is 47.4 Å². The van der Waals surface area contributed by atoms with Crippen LogP contribution in [-0.2, 0) is 4.74 Å². The van der Waals surface area contributed by atoms with Gasteiger partial charge in [0.1, 0.15) is 5.60 Å². The van der Waals surface area contributed by atoms with Crippen molar-refractivity contribution in [1.29, 1.82) is 0 Å². The van der Waals surface area contributed by atoms with E-state index in [-0.39, 0.29) is 12.1 Å². The predicted octanol–water partition coefficient (Wildman–Crippen LogP) is 4.82. The van der Waals surface area contributed by atoms with Crippen LogP contribution in [0.3, 0.4) is 0 Å². The summed E-state index contributed by atoms with van der Waals surface area (Å²) in [5.74, 6) is 0. The molecule has 0 aromatic carbocycles. The van der Waals surface area contributed by atoms with Crippen molar-refractivity contribution in [3.63, 3.8) is 0 Å². The number of likely N-dealkylation sites (tertiary alicyclic amines) is 1. The minimum absolute atomic E-state index is 0.221. The first kappa shape index (κ1) is 21.5. The van der Waals surface area contributed by atoms with E-state index in [2.05, 4.69) is 5.10 Å². The van der Waals surface area contributed by atoms with E-state index in [9.17, 15) is 4.79 Å². The Morgan fingerprint density at radius 1 is 1.26 bits per heavy atom. The lowest BCUT2D eigenvalue weighted by Crippen LogP contribution is -2.43. The Morgan fingerprint density at radius 3 is 2.35 bits per heavy atom. The summed E-state index contributed by atoms with van der Waals surface area (Å²) in [4.78, 5) is 13.9. The summed E-state index contributed by atoms with van der Waals surface area (Å²) >= 11 is 0. The molecule has 1 aromatic rings. The van der Waals surface area contributed by atoms with Crippen LogP contribution < -0.4 is 0 Å². The van der Waals surface area contributed by atoms with Crippen LogP contribution in [-0.4, -0.2) is 39.5 Å². The highest BCUT2D eigenvalue weighted by molar-refractivity contribution is 5.68. The molecule has 1 unspecified atom stereocenters. The molecule has 2 heterocycles. The molecule has 23 heavy (non-hydrogen) atoms. The van der Waals surface area contributed by atoms with Crippen LogP contribution in [0.15, 0.2) is 12.4 Å². The van der Waals surface area contributed by atoms with E-state index < -0.39 is 5.60 Å². The molecule has 2 rings (SSSR count). The molecule has 0 aliphatic carbocycles. The molecule has 134 valence electrons. The summed E-state index contributed by atoms with van der Waals surface area (Å²) in [6.07, 6.45) is 5.71. The average Bonchev–Trinajstić information content (AvgIpc) is 2.96. The second-order valence-electron chi connectivity index (χ2n) is 6.22. The van der Waals surface area contributed by atoms with Crippen LogP contribution >= 0.6 is 0 Å². The third kappa shape index (κ3) is 7.53. The normalized spacial score (nSPS) is 17.4. The molecule has 1 saturated heterocycles. The molecule has 0 saturated carbocycles. The molecule has 0 spiro atoms. The number of aromatic nitrogens is 2. The molecule has 1 aromatic heterocycles. The second kappa shape index (κ2) is 10.3. The summed E-state index contributed by atoms with van der Waals surface area (Å²) in [6.45, 7) is 17.1. The molecular formula is C18H35N3O2. The van der Waals surface area contributed by atoms with Crippen LogP contribution in [0.1, 0.15) is 72.9 Å². The molecule has 5 nitrogen and oxygen atoms in total. The van der Waals surface area contributed by atoms with Crippen LogP contribution in [0.5, 0.6) is 0 Å². The zero-order chi connectivity index (χ0) is 18.0. The van der Waals surface area contributed by atoms with Crippen molar-refractivity contribution in [1.82, 2.24) is 14.7 Å². The molecule has 1 fully saturated rings.